The molecule has 0 atom stereocenters. The zero-order valence-electron chi connectivity index (χ0n) is 13.0. The molecular formula is C16H17N3O5. The van der Waals surface area contributed by atoms with Crippen molar-refractivity contribution >= 4 is 5.97 Å². The molecule has 8 nitrogen and oxygen atoms in total. The molecule has 1 aromatic carbocycles. The first kappa shape index (κ1) is 14.9. The lowest BCUT2D eigenvalue weighted by atomic mass is 9.97. The van der Waals surface area contributed by atoms with E-state index in [1.54, 1.807) is 0 Å². The van der Waals surface area contributed by atoms with Crippen LogP contribution in [0.2, 0.25) is 0 Å². The molecule has 24 heavy (non-hydrogen) atoms. The predicted molar refractivity (Wildman–Crippen MR) is 81.5 cm³/mol. The quantitative estimate of drug-likeness (QED) is 0.905. The molecular weight excluding hydrogens is 314 g/mol. The van der Waals surface area contributed by atoms with E-state index in [1.807, 2.05) is 18.2 Å². The van der Waals surface area contributed by atoms with Crippen molar-refractivity contribution in [2.75, 3.05) is 19.9 Å². The zero-order chi connectivity index (χ0) is 16.5. The lowest BCUT2D eigenvalue weighted by Crippen LogP contribution is -2.35. The fraction of sp³-hybridized carbons (Fsp3) is 0.438. The standard InChI is InChI=1S/C16H17N3O5/c20-16(21)10-3-5-19(6-4-10)8-14-17-15(18-24-14)11-1-2-12-13(7-11)23-9-22-12/h1-2,7,10H,3-6,8-9H2,(H,20,21). The minimum absolute atomic E-state index is 0.225. The number of nitrogens with zero attached hydrogens (tertiary/aromatic N) is 3. The predicted octanol–water partition coefficient (Wildman–Crippen LogP) is 1.76. The van der Waals surface area contributed by atoms with Crippen molar-refractivity contribution in [2.45, 2.75) is 19.4 Å². The summed E-state index contributed by atoms with van der Waals surface area (Å²) in [5.41, 5.74) is 0.804. The van der Waals surface area contributed by atoms with Crippen LogP contribution < -0.4 is 9.47 Å². The van der Waals surface area contributed by atoms with Crippen molar-refractivity contribution in [3.63, 3.8) is 0 Å². The Balaban J connectivity index is 1.41. The fourth-order valence-corrected chi connectivity index (χ4v) is 3.00. The van der Waals surface area contributed by atoms with E-state index in [9.17, 15) is 4.79 Å². The van der Waals surface area contributed by atoms with Crippen LogP contribution >= 0.6 is 0 Å². The topological polar surface area (TPSA) is 97.9 Å². The Bertz CT molecular complexity index is 752. The number of hydrogen-bond donors (Lipinski definition) is 1. The molecule has 1 fully saturated rings. The molecule has 2 aliphatic heterocycles. The summed E-state index contributed by atoms with van der Waals surface area (Å²) >= 11 is 0. The van der Waals surface area contributed by atoms with Gasteiger partial charge in [-0.25, -0.2) is 0 Å². The normalized spacial score (nSPS) is 18.0. The van der Waals surface area contributed by atoms with Gasteiger partial charge in [0.15, 0.2) is 11.5 Å². The first-order valence-corrected chi connectivity index (χ1v) is 7.87. The average molecular weight is 331 g/mol. The number of carboxylic acids is 1. The number of likely N-dealkylation sites (tertiary alicyclic amines) is 1. The van der Waals surface area contributed by atoms with Crippen molar-refractivity contribution in [3.8, 4) is 22.9 Å². The lowest BCUT2D eigenvalue weighted by molar-refractivity contribution is -0.143. The van der Waals surface area contributed by atoms with Crippen LogP contribution in [0.3, 0.4) is 0 Å². The van der Waals surface area contributed by atoms with Crippen LogP contribution in [0.5, 0.6) is 11.5 Å². The summed E-state index contributed by atoms with van der Waals surface area (Å²) in [6.07, 6.45) is 1.30. The summed E-state index contributed by atoms with van der Waals surface area (Å²) in [6, 6.07) is 5.51. The third kappa shape index (κ3) is 2.92. The Morgan fingerprint density at radius 3 is 2.83 bits per heavy atom. The number of aliphatic carboxylic acids is 1. The third-order valence-corrected chi connectivity index (χ3v) is 4.39. The van der Waals surface area contributed by atoms with Gasteiger partial charge in [-0.3, -0.25) is 9.69 Å². The number of aromatic nitrogens is 2. The smallest absolute Gasteiger partial charge is 0.306 e. The number of carbonyl (C=O) groups is 1. The molecule has 0 aliphatic carbocycles. The second-order valence-corrected chi connectivity index (χ2v) is 5.97. The van der Waals surface area contributed by atoms with Crippen LogP contribution in [0.25, 0.3) is 11.4 Å². The van der Waals surface area contributed by atoms with Gasteiger partial charge in [0.25, 0.3) is 0 Å². The monoisotopic (exact) mass is 331 g/mol. The number of benzene rings is 1. The molecule has 1 saturated heterocycles. The van der Waals surface area contributed by atoms with E-state index < -0.39 is 5.97 Å². The van der Waals surface area contributed by atoms with Crippen molar-refractivity contribution < 1.29 is 23.9 Å². The van der Waals surface area contributed by atoms with Crippen LogP contribution in [0.15, 0.2) is 22.7 Å². The largest absolute Gasteiger partial charge is 0.481 e. The van der Waals surface area contributed by atoms with Crippen LogP contribution in [-0.4, -0.2) is 46.0 Å². The molecule has 1 aromatic heterocycles. The summed E-state index contributed by atoms with van der Waals surface area (Å²) in [4.78, 5) is 17.5. The first-order valence-electron chi connectivity index (χ1n) is 7.87. The van der Waals surface area contributed by atoms with E-state index in [0.717, 1.165) is 18.7 Å². The Hall–Kier alpha value is -2.61. The molecule has 4 rings (SSSR count). The van der Waals surface area contributed by atoms with Gasteiger partial charge in [0.05, 0.1) is 12.5 Å². The second-order valence-electron chi connectivity index (χ2n) is 5.97. The highest BCUT2D eigenvalue weighted by Crippen LogP contribution is 2.35. The number of hydrogen-bond acceptors (Lipinski definition) is 7. The maximum Gasteiger partial charge on any atom is 0.306 e. The highest BCUT2D eigenvalue weighted by Gasteiger charge is 2.25. The van der Waals surface area contributed by atoms with E-state index in [1.165, 1.54) is 0 Å². The number of piperidine rings is 1. The lowest BCUT2D eigenvalue weighted by Gasteiger charge is -2.28. The summed E-state index contributed by atoms with van der Waals surface area (Å²) in [6.45, 7) is 2.20. The maximum absolute atomic E-state index is 11.0. The SMILES string of the molecule is O=C(O)C1CCN(Cc2nc(-c3ccc4c(c3)OCO4)no2)CC1. The Kier molecular flexibility index (Phi) is 3.81. The van der Waals surface area contributed by atoms with Crippen molar-refractivity contribution in [3.05, 3.63) is 24.1 Å². The number of rotatable bonds is 4. The molecule has 0 spiro atoms. The van der Waals surface area contributed by atoms with E-state index >= 15 is 0 Å². The Morgan fingerprint density at radius 1 is 1.25 bits per heavy atom. The average Bonchev–Trinajstić information content (AvgIpc) is 3.23. The van der Waals surface area contributed by atoms with Gasteiger partial charge in [0.1, 0.15) is 0 Å². The molecule has 8 heteroatoms. The van der Waals surface area contributed by atoms with E-state index in [0.29, 0.717) is 42.6 Å². The molecule has 3 heterocycles. The van der Waals surface area contributed by atoms with Gasteiger partial charge in [0, 0.05) is 5.56 Å². The van der Waals surface area contributed by atoms with Gasteiger partial charge >= 0.3 is 5.97 Å². The van der Waals surface area contributed by atoms with Crippen LogP contribution in [0.4, 0.5) is 0 Å². The van der Waals surface area contributed by atoms with Crippen LogP contribution in [-0.2, 0) is 11.3 Å². The Morgan fingerprint density at radius 2 is 2.04 bits per heavy atom. The highest BCUT2D eigenvalue weighted by atomic mass is 16.7. The molecule has 2 aromatic rings. The van der Waals surface area contributed by atoms with E-state index in [4.69, 9.17) is 19.1 Å². The van der Waals surface area contributed by atoms with Gasteiger partial charge < -0.3 is 19.1 Å². The maximum atomic E-state index is 11.0. The molecule has 0 unspecified atom stereocenters. The van der Waals surface area contributed by atoms with E-state index in [2.05, 4.69) is 15.0 Å². The van der Waals surface area contributed by atoms with Gasteiger partial charge in [-0.05, 0) is 44.1 Å². The first-order chi connectivity index (χ1) is 11.7. The number of fused-ring (bicyclic) bond motifs is 1. The summed E-state index contributed by atoms with van der Waals surface area (Å²) in [7, 11) is 0. The molecule has 2 aliphatic rings. The van der Waals surface area contributed by atoms with Gasteiger partial charge in [-0.2, -0.15) is 4.98 Å². The molecule has 1 N–H and O–H groups in total. The van der Waals surface area contributed by atoms with E-state index in [-0.39, 0.29) is 12.7 Å². The summed E-state index contributed by atoms with van der Waals surface area (Å²) in [5.74, 6) is 1.46. The summed E-state index contributed by atoms with van der Waals surface area (Å²) in [5, 5.41) is 13.0. The van der Waals surface area contributed by atoms with Crippen LogP contribution in [0, 0.1) is 5.92 Å². The summed E-state index contributed by atoms with van der Waals surface area (Å²) < 4.78 is 16.0. The van der Waals surface area contributed by atoms with Crippen molar-refractivity contribution in [2.24, 2.45) is 5.92 Å². The molecule has 0 amide bonds. The van der Waals surface area contributed by atoms with Crippen LogP contribution in [0.1, 0.15) is 18.7 Å². The number of carboxylic acid groups (broad SMARTS) is 1. The minimum atomic E-state index is -0.711. The molecule has 0 saturated carbocycles. The van der Waals surface area contributed by atoms with Gasteiger partial charge in [-0.15, -0.1) is 0 Å². The van der Waals surface area contributed by atoms with Gasteiger partial charge in [-0.1, -0.05) is 5.16 Å². The molecule has 0 radical (unpaired) electrons. The second kappa shape index (κ2) is 6.12. The molecule has 126 valence electrons. The highest BCUT2D eigenvalue weighted by molar-refractivity contribution is 5.70. The number of ether oxygens (including phenoxy) is 2. The Labute approximate surface area is 138 Å². The third-order valence-electron chi connectivity index (χ3n) is 4.39. The fourth-order valence-electron chi connectivity index (χ4n) is 3.00. The molecule has 0 bridgehead atoms. The minimum Gasteiger partial charge on any atom is -0.481 e. The zero-order valence-corrected chi connectivity index (χ0v) is 13.0. The van der Waals surface area contributed by atoms with Crippen molar-refractivity contribution in [1.82, 2.24) is 15.0 Å². The van der Waals surface area contributed by atoms with Gasteiger partial charge in [0.2, 0.25) is 18.5 Å². The van der Waals surface area contributed by atoms with Crippen molar-refractivity contribution in [1.29, 1.82) is 0 Å².